The second-order valence-corrected chi connectivity index (χ2v) is 4.66. The van der Waals surface area contributed by atoms with E-state index in [0.717, 1.165) is 11.1 Å². The highest BCUT2D eigenvalue weighted by Crippen LogP contribution is 2.35. The third kappa shape index (κ3) is 3.07. The molecule has 0 aliphatic carbocycles. The van der Waals surface area contributed by atoms with Crippen LogP contribution in [-0.4, -0.2) is 17.1 Å². The highest BCUT2D eigenvalue weighted by atomic mass is 19.4. The molecular weight excluding hydrogens is 283 g/mol. The third-order valence-electron chi connectivity index (χ3n) is 2.92. The normalized spacial score (nSPS) is 11.5. The molecule has 0 aliphatic rings. The van der Waals surface area contributed by atoms with E-state index >= 15 is 0 Å². The van der Waals surface area contributed by atoms with Crippen LogP contribution in [0, 0.1) is 13.8 Å². The van der Waals surface area contributed by atoms with Crippen LogP contribution in [0.25, 0.3) is 11.3 Å². The summed E-state index contributed by atoms with van der Waals surface area (Å²) in [7, 11) is 1.45. The number of anilines is 1. The van der Waals surface area contributed by atoms with E-state index in [1.807, 2.05) is 13.0 Å². The van der Waals surface area contributed by atoms with Crippen LogP contribution in [0.2, 0.25) is 0 Å². The van der Waals surface area contributed by atoms with Crippen molar-refractivity contribution < 1.29 is 17.9 Å². The van der Waals surface area contributed by atoms with Crippen LogP contribution in [0.4, 0.5) is 19.0 Å². The second-order valence-electron chi connectivity index (χ2n) is 4.66. The van der Waals surface area contributed by atoms with Crippen LogP contribution >= 0.6 is 0 Å². The number of methoxy groups -OCH3 is 1. The van der Waals surface area contributed by atoms with E-state index < -0.39 is 12.0 Å². The topological polar surface area (TPSA) is 61.0 Å². The molecule has 2 N–H and O–H groups in total. The Morgan fingerprint density at radius 2 is 1.76 bits per heavy atom. The first-order valence-corrected chi connectivity index (χ1v) is 6.09. The van der Waals surface area contributed by atoms with Crippen molar-refractivity contribution >= 4 is 5.82 Å². The smallest absolute Gasteiger partial charge is 0.451 e. The van der Waals surface area contributed by atoms with Gasteiger partial charge < -0.3 is 10.5 Å². The second kappa shape index (κ2) is 5.23. The lowest BCUT2D eigenvalue weighted by atomic mass is 10.0. The molecule has 0 fully saturated rings. The molecule has 1 aromatic carbocycles. The number of alkyl halides is 3. The van der Waals surface area contributed by atoms with Gasteiger partial charge in [-0.2, -0.15) is 13.2 Å². The van der Waals surface area contributed by atoms with Gasteiger partial charge in [-0.1, -0.05) is 6.07 Å². The van der Waals surface area contributed by atoms with Gasteiger partial charge in [-0.15, -0.1) is 0 Å². The average molecular weight is 297 g/mol. The number of halogens is 3. The van der Waals surface area contributed by atoms with Gasteiger partial charge in [-0.25, -0.2) is 9.97 Å². The van der Waals surface area contributed by atoms with Crippen molar-refractivity contribution in [2.24, 2.45) is 0 Å². The summed E-state index contributed by atoms with van der Waals surface area (Å²) in [6.45, 7) is 3.64. The first kappa shape index (κ1) is 15.1. The van der Waals surface area contributed by atoms with E-state index in [2.05, 4.69) is 9.97 Å². The van der Waals surface area contributed by atoms with Crippen LogP contribution < -0.4 is 10.5 Å². The Hall–Kier alpha value is -2.31. The molecule has 0 saturated heterocycles. The van der Waals surface area contributed by atoms with E-state index in [9.17, 15) is 13.2 Å². The largest absolute Gasteiger partial charge is 0.496 e. The Morgan fingerprint density at radius 1 is 1.10 bits per heavy atom. The minimum absolute atomic E-state index is 0.0872. The van der Waals surface area contributed by atoms with Crippen molar-refractivity contribution in [3.05, 3.63) is 35.2 Å². The molecule has 21 heavy (non-hydrogen) atoms. The van der Waals surface area contributed by atoms with Crippen molar-refractivity contribution in [3.8, 4) is 17.0 Å². The van der Waals surface area contributed by atoms with Gasteiger partial charge in [0.25, 0.3) is 0 Å². The first-order chi connectivity index (χ1) is 9.72. The zero-order chi connectivity index (χ0) is 15.8. The molecule has 0 saturated carbocycles. The molecule has 4 nitrogen and oxygen atoms in total. The summed E-state index contributed by atoms with van der Waals surface area (Å²) in [6.07, 6.45) is -4.66. The standard InChI is InChI=1S/C14H14F3N3O/c1-7-4-8(2)12(10(5-7)21-3)9-6-11(18)20-13(19-9)14(15,16)17/h4-6H,1-3H3,(H2,18,19,20). The summed E-state index contributed by atoms with van der Waals surface area (Å²) in [4.78, 5) is 6.81. The van der Waals surface area contributed by atoms with Crippen molar-refractivity contribution in [2.75, 3.05) is 12.8 Å². The highest BCUT2D eigenvalue weighted by molar-refractivity contribution is 5.73. The molecule has 7 heteroatoms. The van der Waals surface area contributed by atoms with Crippen LogP contribution in [-0.2, 0) is 6.18 Å². The van der Waals surface area contributed by atoms with Gasteiger partial charge in [0.1, 0.15) is 11.6 Å². The Morgan fingerprint density at radius 3 is 2.33 bits per heavy atom. The maximum atomic E-state index is 12.8. The molecule has 0 atom stereocenters. The number of hydrogen-bond acceptors (Lipinski definition) is 4. The SMILES string of the molecule is COc1cc(C)cc(C)c1-c1cc(N)nc(C(F)(F)F)n1. The van der Waals surface area contributed by atoms with E-state index in [4.69, 9.17) is 10.5 Å². The van der Waals surface area contributed by atoms with E-state index in [-0.39, 0.29) is 11.5 Å². The molecule has 0 bridgehead atoms. The molecule has 0 aliphatic heterocycles. The molecule has 0 unspecified atom stereocenters. The zero-order valence-electron chi connectivity index (χ0n) is 11.7. The summed E-state index contributed by atoms with van der Waals surface area (Å²) in [5.41, 5.74) is 7.72. The molecule has 1 heterocycles. The minimum Gasteiger partial charge on any atom is -0.496 e. The Balaban J connectivity index is 2.70. The van der Waals surface area contributed by atoms with Crippen LogP contribution in [0.3, 0.4) is 0 Å². The van der Waals surface area contributed by atoms with Gasteiger partial charge in [-0.05, 0) is 31.0 Å². The number of nitrogens with two attached hydrogens (primary N) is 1. The van der Waals surface area contributed by atoms with E-state index in [0.29, 0.717) is 11.3 Å². The molecule has 1 aromatic heterocycles. The van der Waals surface area contributed by atoms with Crippen molar-refractivity contribution in [3.63, 3.8) is 0 Å². The Labute approximate surface area is 119 Å². The highest BCUT2D eigenvalue weighted by Gasteiger charge is 2.35. The van der Waals surface area contributed by atoms with E-state index in [1.54, 1.807) is 13.0 Å². The van der Waals surface area contributed by atoms with Crippen molar-refractivity contribution in [1.29, 1.82) is 0 Å². The van der Waals surface area contributed by atoms with Crippen LogP contribution in [0.5, 0.6) is 5.75 Å². The lowest BCUT2D eigenvalue weighted by Crippen LogP contribution is -2.13. The third-order valence-corrected chi connectivity index (χ3v) is 2.92. The Kier molecular flexibility index (Phi) is 3.76. The van der Waals surface area contributed by atoms with Crippen molar-refractivity contribution in [1.82, 2.24) is 9.97 Å². The number of aryl methyl sites for hydroxylation is 2. The monoisotopic (exact) mass is 297 g/mol. The van der Waals surface area contributed by atoms with Gasteiger partial charge in [0.15, 0.2) is 0 Å². The van der Waals surface area contributed by atoms with E-state index in [1.165, 1.54) is 13.2 Å². The summed E-state index contributed by atoms with van der Waals surface area (Å²) in [6, 6.07) is 4.87. The summed E-state index contributed by atoms with van der Waals surface area (Å²) >= 11 is 0. The quantitative estimate of drug-likeness (QED) is 0.923. The number of nitrogens with zero attached hydrogens (tertiary/aromatic N) is 2. The number of aromatic nitrogens is 2. The van der Waals surface area contributed by atoms with Gasteiger partial charge in [0.2, 0.25) is 5.82 Å². The lowest BCUT2D eigenvalue weighted by molar-refractivity contribution is -0.144. The van der Waals surface area contributed by atoms with Gasteiger partial charge in [0, 0.05) is 11.6 Å². The summed E-state index contributed by atoms with van der Waals surface area (Å²) in [5, 5.41) is 0. The first-order valence-electron chi connectivity index (χ1n) is 6.09. The molecular formula is C14H14F3N3O. The zero-order valence-corrected chi connectivity index (χ0v) is 11.7. The van der Waals surface area contributed by atoms with Crippen molar-refractivity contribution in [2.45, 2.75) is 20.0 Å². The minimum atomic E-state index is -4.66. The maximum Gasteiger partial charge on any atom is 0.451 e. The predicted molar refractivity (Wildman–Crippen MR) is 72.9 cm³/mol. The number of nitrogen functional groups attached to an aromatic ring is 1. The fourth-order valence-corrected chi connectivity index (χ4v) is 2.14. The molecule has 0 amide bonds. The molecule has 2 aromatic rings. The maximum absolute atomic E-state index is 12.8. The summed E-state index contributed by atoms with van der Waals surface area (Å²) < 4.78 is 43.6. The molecule has 0 radical (unpaired) electrons. The van der Waals surface area contributed by atoms with Gasteiger partial charge in [0.05, 0.1) is 12.8 Å². The summed E-state index contributed by atoms with van der Waals surface area (Å²) in [5.74, 6) is -1.06. The molecule has 0 spiro atoms. The molecule has 112 valence electrons. The number of ether oxygens (including phenoxy) is 1. The van der Waals surface area contributed by atoms with Gasteiger partial charge >= 0.3 is 6.18 Å². The predicted octanol–water partition coefficient (Wildman–Crippen LogP) is 3.37. The number of hydrogen-bond donors (Lipinski definition) is 1. The fraction of sp³-hybridized carbons (Fsp3) is 0.286. The number of benzene rings is 1. The molecule has 2 rings (SSSR count). The van der Waals surface area contributed by atoms with Crippen LogP contribution in [0.1, 0.15) is 17.0 Å². The fourth-order valence-electron chi connectivity index (χ4n) is 2.14. The Bertz CT molecular complexity index is 684. The van der Waals surface area contributed by atoms with Gasteiger partial charge in [-0.3, -0.25) is 0 Å². The lowest BCUT2D eigenvalue weighted by Gasteiger charge is -2.14. The number of rotatable bonds is 2. The van der Waals surface area contributed by atoms with Crippen LogP contribution in [0.15, 0.2) is 18.2 Å². The average Bonchev–Trinajstić information content (AvgIpc) is 2.35.